The van der Waals surface area contributed by atoms with E-state index in [1.165, 1.54) is 9.13 Å². The molecule has 0 aliphatic heterocycles. The fraction of sp³-hybridized carbons (Fsp3) is 0.240. The first-order valence-corrected chi connectivity index (χ1v) is 12.0. The van der Waals surface area contributed by atoms with E-state index in [4.69, 9.17) is 11.6 Å². The summed E-state index contributed by atoms with van der Waals surface area (Å²) in [5, 5.41) is 5.60. The van der Waals surface area contributed by atoms with Crippen molar-refractivity contribution in [2.45, 2.75) is 38.9 Å². The fourth-order valence-electron chi connectivity index (χ4n) is 3.90. The quantitative estimate of drug-likeness (QED) is 0.374. The topological polar surface area (TPSA) is 73.1 Å². The fourth-order valence-corrected chi connectivity index (χ4v) is 4.84. The molecule has 1 atom stereocenters. The number of halogens is 1. The van der Waals surface area contributed by atoms with Crippen LogP contribution < -0.4 is 16.4 Å². The lowest BCUT2D eigenvalue weighted by Crippen LogP contribution is -2.44. The largest absolute Gasteiger partial charge is 0.347 e. The molecule has 0 aliphatic rings. The Hall–Kier alpha value is -3.16. The molecule has 0 fully saturated rings. The van der Waals surface area contributed by atoms with Gasteiger partial charge in [0.05, 0.1) is 23.6 Å². The van der Waals surface area contributed by atoms with E-state index in [1.807, 2.05) is 35.7 Å². The van der Waals surface area contributed by atoms with Gasteiger partial charge in [0.25, 0.3) is 0 Å². The van der Waals surface area contributed by atoms with Crippen molar-refractivity contribution in [3.63, 3.8) is 0 Å². The molecular formula is C25H24ClN3O3S. The highest BCUT2D eigenvalue weighted by Gasteiger charge is 2.19. The Morgan fingerprint density at radius 3 is 2.27 bits per heavy atom. The maximum atomic E-state index is 13.1. The van der Waals surface area contributed by atoms with E-state index in [0.717, 1.165) is 23.3 Å². The number of thiophene rings is 1. The van der Waals surface area contributed by atoms with Gasteiger partial charge in [0, 0.05) is 9.90 Å². The summed E-state index contributed by atoms with van der Waals surface area (Å²) in [5.74, 6) is -0.302. The minimum absolute atomic E-state index is 0.116. The molecule has 0 aliphatic carbocycles. The minimum atomic E-state index is -0.721. The predicted molar refractivity (Wildman–Crippen MR) is 133 cm³/mol. The van der Waals surface area contributed by atoms with Gasteiger partial charge in [-0.25, -0.2) is 0 Å². The van der Waals surface area contributed by atoms with Crippen LogP contribution in [-0.4, -0.2) is 15.0 Å². The number of benzene rings is 2. The highest BCUT2D eigenvalue weighted by atomic mass is 35.5. The molecule has 4 rings (SSSR count). The van der Waals surface area contributed by atoms with Crippen molar-refractivity contribution in [3.05, 3.63) is 102 Å². The van der Waals surface area contributed by atoms with Crippen LogP contribution in [0.3, 0.4) is 0 Å². The number of nitrogens with one attached hydrogen (secondary N) is 1. The Morgan fingerprint density at radius 1 is 0.970 bits per heavy atom. The van der Waals surface area contributed by atoms with E-state index in [1.54, 1.807) is 41.7 Å². The second kappa shape index (κ2) is 10.2. The van der Waals surface area contributed by atoms with Crippen molar-refractivity contribution < 1.29 is 4.79 Å². The maximum Gasteiger partial charge on any atom is 0.317 e. The number of nitrogens with zero attached hydrogens (tertiary/aromatic N) is 2. The summed E-state index contributed by atoms with van der Waals surface area (Å²) in [7, 11) is 0. The molecule has 2 aromatic heterocycles. The van der Waals surface area contributed by atoms with Crippen molar-refractivity contribution in [1.29, 1.82) is 0 Å². The molecule has 1 N–H and O–H groups in total. The monoisotopic (exact) mass is 481 g/mol. The highest BCUT2D eigenvalue weighted by molar-refractivity contribution is 7.10. The number of rotatable bonds is 8. The molecular weight excluding hydrogens is 458 g/mol. The van der Waals surface area contributed by atoms with Crippen LogP contribution in [0.15, 0.2) is 75.6 Å². The van der Waals surface area contributed by atoms with Crippen LogP contribution >= 0.6 is 22.9 Å². The van der Waals surface area contributed by atoms with Gasteiger partial charge >= 0.3 is 11.1 Å². The second-order valence-electron chi connectivity index (χ2n) is 7.82. The summed E-state index contributed by atoms with van der Waals surface area (Å²) in [6.07, 6.45) is 1.71. The summed E-state index contributed by atoms with van der Waals surface area (Å²) >= 11 is 7.55. The zero-order valence-corrected chi connectivity index (χ0v) is 19.7. The smallest absolute Gasteiger partial charge is 0.317 e. The van der Waals surface area contributed by atoms with Crippen molar-refractivity contribution >= 4 is 39.9 Å². The molecule has 0 bridgehead atoms. The van der Waals surface area contributed by atoms with Crippen molar-refractivity contribution in [3.8, 4) is 0 Å². The van der Waals surface area contributed by atoms with E-state index in [-0.39, 0.29) is 25.0 Å². The Kier molecular flexibility index (Phi) is 7.11. The van der Waals surface area contributed by atoms with Gasteiger partial charge in [-0.05, 0) is 47.7 Å². The van der Waals surface area contributed by atoms with Crippen LogP contribution in [0.4, 0.5) is 0 Å². The normalized spacial score (nSPS) is 12.1. The lowest BCUT2D eigenvalue weighted by Gasteiger charge is -2.19. The lowest BCUT2D eigenvalue weighted by molar-refractivity contribution is -0.122. The Morgan fingerprint density at radius 2 is 1.64 bits per heavy atom. The molecule has 0 saturated heterocycles. The van der Waals surface area contributed by atoms with E-state index in [2.05, 4.69) is 12.2 Å². The van der Waals surface area contributed by atoms with Gasteiger partial charge < -0.3 is 5.32 Å². The Bertz CT molecular complexity index is 1380. The molecule has 6 nitrogen and oxygen atoms in total. The van der Waals surface area contributed by atoms with E-state index < -0.39 is 11.1 Å². The molecule has 0 unspecified atom stereocenters. The molecule has 1 amide bonds. The van der Waals surface area contributed by atoms with E-state index in [9.17, 15) is 14.4 Å². The zero-order chi connectivity index (χ0) is 23.4. The summed E-state index contributed by atoms with van der Waals surface area (Å²) in [6.45, 7) is 2.07. The molecule has 2 aromatic carbocycles. The molecule has 0 radical (unpaired) electrons. The molecule has 0 spiro atoms. The van der Waals surface area contributed by atoms with E-state index >= 15 is 0 Å². The average molecular weight is 482 g/mol. The number of amides is 1. The van der Waals surface area contributed by atoms with Gasteiger partial charge in [-0.3, -0.25) is 23.5 Å². The van der Waals surface area contributed by atoms with Crippen LogP contribution in [0.2, 0.25) is 5.02 Å². The SMILES string of the molecule is CCC[C@H](NC(=O)Cn1c(=O)c(=O)n(Cc2ccc(Cl)cc2)c2ccccc21)c1cccs1. The first-order valence-electron chi connectivity index (χ1n) is 10.8. The Balaban J connectivity index is 1.68. The van der Waals surface area contributed by atoms with Crippen molar-refractivity contribution in [1.82, 2.24) is 14.5 Å². The number of para-hydroxylation sites is 2. The second-order valence-corrected chi connectivity index (χ2v) is 9.24. The lowest BCUT2D eigenvalue weighted by atomic mass is 10.1. The average Bonchev–Trinajstić information content (AvgIpc) is 3.35. The van der Waals surface area contributed by atoms with Gasteiger partial charge in [-0.1, -0.05) is 55.3 Å². The highest BCUT2D eigenvalue weighted by Crippen LogP contribution is 2.23. The predicted octanol–water partition coefficient (Wildman–Crippen LogP) is 4.58. The van der Waals surface area contributed by atoms with Crippen LogP contribution in [0.5, 0.6) is 0 Å². The first-order chi connectivity index (χ1) is 16.0. The van der Waals surface area contributed by atoms with Gasteiger partial charge in [-0.2, -0.15) is 0 Å². The summed E-state index contributed by atoms with van der Waals surface area (Å²) in [5.41, 5.74) is 0.586. The van der Waals surface area contributed by atoms with Gasteiger partial charge in [0.2, 0.25) is 5.91 Å². The third-order valence-electron chi connectivity index (χ3n) is 5.49. The number of carbonyl (C=O) groups is 1. The molecule has 2 heterocycles. The third-order valence-corrected chi connectivity index (χ3v) is 6.73. The summed E-state index contributed by atoms with van der Waals surface area (Å²) in [6, 6.07) is 18.1. The third kappa shape index (κ3) is 5.10. The van der Waals surface area contributed by atoms with Gasteiger partial charge in [-0.15, -0.1) is 11.3 Å². The van der Waals surface area contributed by atoms with Crippen molar-refractivity contribution in [2.75, 3.05) is 0 Å². The first kappa shape index (κ1) is 23.0. The van der Waals surface area contributed by atoms with Crippen LogP contribution in [0.25, 0.3) is 11.0 Å². The molecule has 8 heteroatoms. The summed E-state index contributed by atoms with van der Waals surface area (Å²) < 4.78 is 2.71. The summed E-state index contributed by atoms with van der Waals surface area (Å²) in [4.78, 5) is 40.1. The molecule has 33 heavy (non-hydrogen) atoms. The van der Waals surface area contributed by atoms with Gasteiger partial charge in [0.15, 0.2) is 0 Å². The van der Waals surface area contributed by atoms with Crippen LogP contribution in [0, 0.1) is 0 Å². The number of carbonyl (C=O) groups excluding carboxylic acids is 1. The minimum Gasteiger partial charge on any atom is -0.347 e. The van der Waals surface area contributed by atoms with Crippen molar-refractivity contribution in [2.24, 2.45) is 0 Å². The number of hydrogen-bond donors (Lipinski definition) is 1. The number of fused-ring (bicyclic) bond motifs is 1. The maximum absolute atomic E-state index is 13.1. The molecule has 4 aromatic rings. The number of aromatic nitrogens is 2. The zero-order valence-electron chi connectivity index (χ0n) is 18.2. The van der Waals surface area contributed by atoms with E-state index in [0.29, 0.717) is 16.1 Å². The molecule has 170 valence electrons. The standard InChI is InChI=1S/C25H24ClN3O3S/c1-2-6-19(22-9-5-14-33-22)27-23(30)16-29-21-8-4-3-7-20(21)28(24(31)25(29)32)15-17-10-12-18(26)13-11-17/h3-5,7-14,19H,2,6,15-16H2,1H3,(H,27,30)/t19-/m0/s1. The van der Waals surface area contributed by atoms with Crippen LogP contribution in [-0.2, 0) is 17.9 Å². The molecule has 0 saturated carbocycles. The number of hydrogen-bond acceptors (Lipinski definition) is 4. The van der Waals surface area contributed by atoms with Crippen LogP contribution in [0.1, 0.15) is 36.2 Å². The Labute approximate surface area is 200 Å². The van der Waals surface area contributed by atoms with Gasteiger partial charge in [0.1, 0.15) is 6.54 Å².